The maximum absolute atomic E-state index is 12.4. The molecule has 1 N–H and O–H groups in total. The van der Waals surface area contributed by atoms with Gasteiger partial charge in [0.05, 0.1) is 12.1 Å². The molecule has 4 rings (SSSR count). The van der Waals surface area contributed by atoms with Gasteiger partial charge < -0.3 is 10.2 Å². The summed E-state index contributed by atoms with van der Waals surface area (Å²) in [5, 5.41) is 5.91. The largest absolute Gasteiger partial charge is 0.326 e. The Morgan fingerprint density at radius 2 is 1.73 bits per heavy atom. The van der Waals surface area contributed by atoms with Crippen molar-refractivity contribution in [3.63, 3.8) is 0 Å². The first kappa shape index (κ1) is 20.7. The van der Waals surface area contributed by atoms with Crippen molar-refractivity contribution in [2.24, 2.45) is 0 Å². The summed E-state index contributed by atoms with van der Waals surface area (Å²) >= 11 is 1.58. The molecule has 1 aliphatic rings. The van der Waals surface area contributed by atoms with Crippen molar-refractivity contribution in [2.75, 3.05) is 38.5 Å². The number of anilines is 1. The Labute approximate surface area is 182 Å². The number of nitrogens with one attached hydrogen (secondary N) is 1. The van der Waals surface area contributed by atoms with E-state index in [0.717, 1.165) is 54.7 Å². The van der Waals surface area contributed by atoms with E-state index < -0.39 is 0 Å². The Kier molecular flexibility index (Phi) is 6.57. The van der Waals surface area contributed by atoms with Gasteiger partial charge >= 0.3 is 0 Å². The van der Waals surface area contributed by atoms with Crippen LogP contribution in [0.25, 0.3) is 10.6 Å². The Bertz CT molecular complexity index is 973. The van der Waals surface area contributed by atoms with E-state index in [0.29, 0.717) is 0 Å². The van der Waals surface area contributed by atoms with Crippen LogP contribution < -0.4 is 5.32 Å². The number of rotatable bonds is 6. The van der Waals surface area contributed by atoms with Crippen LogP contribution in [0.5, 0.6) is 0 Å². The van der Waals surface area contributed by atoms with E-state index in [1.54, 1.807) is 11.3 Å². The fraction of sp³-hybridized carbons (Fsp3) is 0.333. The lowest BCUT2D eigenvalue weighted by atomic mass is 10.1. The van der Waals surface area contributed by atoms with Crippen molar-refractivity contribution < 1.29 is 4.79 Å². The molecule has 156 valence electrons. The van der Waals surface area contributed by atoms with Gasteiger partial charge in [-0.25, -0.2) is 4.98 Å². The second-order valence-electron chi connectivity index (χ2n) is 8.01. The number of hydrogen-bond donors (Lipinski definition) is 1. The van der Waals surface area contributed by atoms with Crippen LogP contribution in [0.1, 0.15) is 16.8 Å². The van der Waals surface area contributed by atoms with Gasteiger partial charge in [0.2, 0.25) is 5.91 Å². The number of thiazole rings is 1. The third-order valence-corrected chi connectivity index (χ3v) is 6.37. The van der Waals surface area contributed by atoms with E-state index in [1.807, 2.05) is 17.5 Å². The summed E-state index contributed by atoms with van der Waals surface area (Å²) < 4.78 is 0. The van der Waals surface area contributed by atoms with Gasteiger partial charge in [-0.05, 0) is 31.7 Å². The number of aryl methyl sites for hydroxylation is 1. The monoisotopic (exact) mass is 420 g/mol. The molecule has 5 nitrogen and oxygen atoms in total. The predicted molar refractivity (Wildman–Crippen MR) is 124 cm³/mol. The van der Waals surface area contributed by atoms with Crippen LogP contribution in [0, 0.1) is 6.92 Å². The number of carbonyl (C=O) groups is 1. The molecule has 1 amide bonds. The lowest BCUT2D eigenvalue weighted by molar-refractivity contribution is -0.115. The highest BCUT2D eigenvalue weighted by molar-refractivity contribution is 7.13. The number of carbonyl (C=O) groups excluding carboxylic acids is 1. The van der Waals surface area contributed by atoms with Crippen LogP contribution >= 0.6 is 11.3 Å². The number of nitrogens with zero attached hydrogens (tertiary/aromatic N) is 3. The molecule has 1 aliphatic heterocycles. The van der Waals surface area contributed by atoms with E-state index in [4.69, 9.17) is 0 Å². The molecule has 1 aromatic heterocycles. The topological polar surface area (TPSA) is 48.5 Å². The van der Waals surface area contributed by atoms with Gasteiger partial charge in [-0.15, -0.1) is 11.3 Å². The summed E-state index contributed by atoms with van der Waals surface area (Å²) in [6, 6.07) is 16.5. The number of aromatic nitrogens is 1. The minimum absolute atomic E-state index is 0.0393. The average molecular weight is 421 g/mol. The molecule has 1 fully saturated rings. The van der Waals surface area contributed by atoms with Crippen molar-refractivity contribution >= 4 is 22.9 Å². The van der Waals surface area contributed by atoms with Crippen molar-refractivity contribution in [3.05, 3.63) is 70.7 Å². The molecule has 3 aromatic rings. The molecule has 2 heterocycles. The first-order valence-electron chi connectivity index (χ1n) is 10.4. The molecular formula is C24H28N4OS. The first-order chi connectivity index (χ1) is 14.5. The fourth-order valence-corrected chi connectivity index (χ4v) is 4.37. The van der Waals surface area contributed by atoms with Gasteiger partial charge in [-0.2, -0.15) is 0 Å². The Hall–Kier alpha value is -2.54. The fourth-order valence-electron chi connectivity index (χ4n) is 3.54. The van der Waals surface area contributed by atoms with Gasteiger partial charge in [0, 0.05) is 49.4 Å². The molecule has 0 bridgehead atoms. The van der Waals surface area contributed by atoms with Crippen molar-refractivity contribution in [2.45, 2.75) is 19.9 Å². The second-order valence-corrected chi connectivity index (χ2v) is 8.87. The standard InChI is InChI=1S/C24H28N4OS/c1-18-3-7-20(8-4-18)24-26-22(17-30-24)15-23(29)25-21-9-5-19(6-10-21)16-28-13-11-27(2)12-14-28/h3-10,17H,11-16H2,1-2H3,(H,25,29). The zero-order valence-electron chi connectivity index (χ0n) is 17.6. The number of likely N-dealkylation sites (N-methyl/N-ethyl adjacent to an activating group) is 1. The zero-order chi connectivity index (χ0) is 20.9. The molecular weight excluding hydrogens is 392 g/mol. The van der Waals surface area contributed by atoms with Crippen molar-refractivity contribution in [1.29, 1.82) is 0 Å². The minimum atomic E-state index is -0.0393. The quantitative estimate of drug-likeness (QED) is 0.654. The maximum atomic E-state index is 12.4. The molecule has 0 atom stereocenters. The molecule has 0 saturated carbocycles. The smallest absolute Gasteiger partial charge is 0.230 e. The first-order valence-corrected chi connectivity index (χ1v) is 11.2. The van der Waals surface area contributed by atoms with Gasteiger partial charge in [0.15, 0.2) is 0 Å². The highest BCUT2D eigenvalue weighted by Crippen LogP contribution is 2.24. The lowest BCUT2D eigenvalue weighted by Crippen LogP contribution is -2.43. The van der Waals surface area contributed by atoms with Gasteiger partial charge in [0.25, 0.3) is 0 Å². The third kappa shape index (κ3) is 5.53. The Balaban J connectivity index is 1.29. The number of hydrogen-bond acceptors (Lipinski definition) is 5. The Morgan fingerprint density at radius 3 is 2.43 bits per heavy atom. The van der Waals surface area contributed by atoms with Crippen LogP contribution in [0.4, 0.5) is 5.69 Å². The number of amides is 1. The van der Waals surface area contributed by atoms with Gasteiger partial charge in [-0.3, -0.25) is 9.69 Å². The van der Waals surface area contributed by atoms with Gasteiger partial charge in [0.1, 0.15) is 5.01 Å². The van der Waals surface area contributed by atoms with Gasteiger partial charge in [-0.1, -0.05) is 42.0 Å². The second kappa shape index (κ2) is 9.51. The van der Waals surface area contributed by atoms with E-state index in [9.17, 15) is 4.79 Å². The lowest BCUT2D eigenvalue weighted by Gasteiger charge is -2.32. The maximum Gasteiger partial charge on any atom is 0.230 e. The minimum Gasteiger partial charge on any atom is -0.326 e. The van der Waals surface area contributed by atoms with E-state index in [-0.39, 0.29) is 12.3 Å². The molecule has 30 heavy (non-hydrogen) atoms. The normalized spacial score (nSPS) is 15.3. The number of piperazine rings is 1. The summed E-state index contributed by atoms with van der Waals surface area (Å²) in [7, 11) is 2.17. The molecule has 0 spiro atoms. The third-order valence-electron chi connectivity index (χ3n) is 5.43. The SMILES string of the molecule is Cc1ccc(-c2nc(CC(=O)Nc3ccc(CN4CCN(C)CC4)cc3)cs2)cc1. The number of benzene rings is 2. The molecule has 6 heteroatoms. The van der Waals surface area contributed by atoms with E-state index in [1.165, 1.54) is 11.1 Å². The van der Waals surface area contributed by atoms with E-state index in [2.05, 4.69) is 70.5 Å². The summed E-state index contributed by atoms with van der Waals surface area (Å²) in [5.41, 5.74) is 5.23. The predicted octanol–water partition coefficient (Wildman–Crippen LogP) is 4.05. The van der Waals surface area contributed by atoms with E-state index >= 15 is 0 Å². The summed E-state index contributed by atoms with van der Waals surface area (Å²) in [4.78, 5) is 21.9. The zero-order valence-corrected chi connectivity index (χ0v) is 18.4. The molecule has 0 unspecified atom stereocenters. The highest BCUT2D eigenvalue weighted by Gasteiger charge is 2.14. The van der Waals surface area contributed by atoms with Crippen LogP contribution in [-0.2, 0) is 17.8 Å². The average Bonchev–Trinajstić information content (AvgIpc) is 3.20. The van der Waals surface area contributed by atoms with Crippen molar-refractivity contribution in [3.8, 4) is 10.6 Å². The molecule has 1 saturated heterocycles. The van der Waals surface area contributed by atoms with Crippen LogP contribution in [0.3, 0.4) is 0 Å². The molecule has 2 aromatic carbocycles. The van der Waals surface area contributed by atoms with Crippen LogP contribution in [0.2, 0.25) is 0 Å². The molecule has 0 radical (unpaired) electrons. The summed E-state index contributed by atoms with van der Waals surface area (Å²) in [6.07, 6.45) is 0.283. The summed E-state index contributed by atoms with van der Waals surface area (Å²) in [6.45, 7) is 7.48. The van der Waals surface area contributed by atoms with Crippen LogP contribution in [-0.4, -0.2) is 53.9 Å². The molecule has 0 aliphatic carbocycles. The Morgan fingerprint density at radius 1 is 1.03 bits per heavy atom. The van der Waals surface area contributed by atoms with Crippen LogP contribution in [0.15, 0.2) is 53.9 Å². The summed E-state index contributed by atoms with van der Waals surface area (Å²) in [5.74, 6) is -0.0393. The highest BCUT2D eigenvalue weighted by atomic mass is 32.1. The van der Waals surface area contributed by atoms with Crippen molar-refractivity contribution in [1.82, 2.24) is 14.8 Å².